The number of carbonyl (C=O) groups is 4. The van der Waals surface area contributed by atoms with Crippen LogP contribution in [0, 0.1) is 17.8 Å². The van der Waals surface area contributed by atoms with Gasteiger partial charge in [0.25, 0.3) is 0 Å². The molecule has 2 rings (SSSR count). The lowest BCUT2D eigenvalue weighted by atomic mass is 9.88. The molecule has 0 amide bonds. The van der Waals surface area contributed by atoms with Crippen LogP contribution in [0.25, 0.3) is 0 Å². The molecule has 65 heavy (non-hydrogen) atoms. The van der Waals surface area contributed by atoms with Gasteiger partial charge >= 0.3 is 11.9 Å². The molecule has 18 nitrogen and oxygen atoms in total. The average molecular weight is 922 g/mol. The summed E-state index contributed by atoms with van der Waals surface area (Å²) in [6, 6.07) is -1.16. The Labute approximate surface area is 380 Å². The first-order valence-electron chi connectivity index (χ1n) is 22.0. The number of cyclic esters (lactones) is 1. The highest BCUT2D eigenvalue weighted by Gasteiger charge is 2.43. The number of ketones is 2. The Hall–Kier alpha value is -4.02. The summed E-state index contributed by atoms with van der Waals surface area (Å²) < 4.78 is 16.9. The van der Waals surface area contributed by atoms with Crippen LogP contribution in [-0.4, -0.2) is 160 Å². The zero-order valence-electron chi connectivity index (χ0n) is 37.5. The molecule has 0 aromatic carbocycles. The van der Waals surface area contributed by atoms with Crippen LogP contribution in [0.1, 0.15) is 79.1 Å². The summed E-state index contributed by atoms with van der Waals surface area (Å²) in [6.45, 7) is 6.66. The Morgan fingerprint density at radius 3 is 1.69 bits per heavy atom. The highest BCUT2D eigenvalue weighted by molar-refractivity contribution is 5.81. The molecule has 1 saturated heterocycles. The van der Waals surface area contributed by atoms with Crippen LogP contribution < -0.4 is 5.73 Å². The van der Waals surface area contributed by atoms with Gasteiger partial charge in [0.2, 0.25) is 0 Å². The number of aliphatic carboxylic acids is 1. The van der Waals surface area contributed by atoms with Crippen molar-refractivity contribution in [3.63, 3.8) is 0 Å². The number of allylic oxidation sites excluding steroid dienone is 12. The Kier molecular flexibility index (Phi) is 26.0. The molecule has 2 aliphatic rings. The summed E-state index contributed by atoms with van der Waals surface area (Å²) in [4.78, 5) is 50.3. The zero-order valence-corrected chi connectivity index (χ0v) is 37.5. The molecule has 0 aliphatic carbocycles. The third-order valence-corrected chi connectivity index (χ3v) is 11.3. The number of carboxylic acid groups (broad SMARTS) is 1. The lowest BCUT2D eigenvalue weighted by molar-refractivity contribution is -0.277. The van der Waals surface area contributed by atoms with E-state index in [4.69, 9.17) is 19.9 Å². The number of hydrogen-bond acceptors (Lipinski definition) is 17. The molecule has 12 unspecified atom stereocenters. The first-order chi connectivity index (χ1) is 30.6. The predicted molar refractivity (Wildman–Crippen MR) is 237 cm³/mol. The predicted octanol–water partition coefficient (Wildman–Crippen LogP) is 0.763. The Morgan fingerprint density at radius 1 is 0.600 bits per heavy atom. The fourth-order valence-electron chi connectivity index (χ4n) is 7.16. The van der Waals surface area contributed by atoms with Crippen LogP contribution in [0.4, 0.5) is 0 Å². The summed E-state index contributed by atoms with van der Waals surface area (Å²) in [6.07, 6.45) is 2.25. The van der Waals surface area contributed by atoms with Crippen LogP contribution in [0.2, 0.25) is 0 Å². The molecule has 1 fully saturated rings. The number of Topliss-reactive ketones (excluding diaryl/α,β-unsaturated/α-hetero) is 2. The van der Waals surface area contributed by atoms with E-state index in [2.05, 4.69) is 0 Å². The highest BCUT2D eigenvalue weighted by Crippen LogP contribution is 2.26. The molecule has 17 atom stereocenters. The van der Waals surface area contributed by atoms with Crippen LogP contribution in [0.5, 0.6) is 0 Å². The number of aliphatic hydroxyl groups excluding tert-OH is 9. The number of esters is 1. The minimum atomic E-state index is -1.97. The van der Waals surface area contributed by atoms with Crippen molar-refractivity contribution in [1.29, 1.82) is 0 Å². The minimum absolute atomic E-state index is 0.302. The second-order valence-corrected chi connectivity index (χ2v) is 16.9. The largest absolute Gasteiger partial charge is 0.481 e. The molecule has 0 aromatic rings. The van der Waals surface area contributed by atoms with Crippen molar-refractivity contribution in [3.05, 3.63) is 85.1 Å². The van der Waals surface area contributed by atoms with Crippen LogP contribution in [0.3, 0.4) is 0 Å². The number of carboxylic acids is 1. The molecule has 0 radical (unpaired) electrons. The van der Waals surface area contributed by atoms with Crippen LogP contribution >= 0.6 is 0 Å². The highest BCUT2D eigenvalue weighted by atomic mass is 16.7. The van der Waals surface area contributed by atoms with Crippen LogP contribution in [-0.2, 0) is 33.4 Å². The number of carbonyl (C=O) groups excluding carboxylic acids is 3. The maximum Gasteiger partial charge on any atom is 0.311 e. The molecular formula is C47H71NO17. The molecule has 18 heteroatoms. The molecule has 2 aliphatic heterocycles. The first-order valence-corrected chi connectivity index (χ1v) is 22.0. The maximum absolute atomic E-state index is 12.9. The van der Waals surface area contributed by atoms with Gasteiger partial charge in [-0.3, -0.25) is 19.2 Å². The number of aliphatic hydroxyl groups is 9. The van der Waals surface area contributed by atoms with E-state index in [-0.39, 0.29) is 25.2 Å². The van der Waals surface area contributed by atoms with Crippen LogP contribution in [0.15, 0.2) is 85.1 Å². The average Bonchev–Trinajstić information content (AvgIpc) is 3.22. The number of ether oxygens (including phenoxy) is 3. The molecule has 2 heterocycles. The Morgan fingerprint density at radius 2 is 1.12 bits per heavy atom. The monoisotopic (exact) mass is 921 g/mol. The summed E-state index contributed by atoms with van der Waals surface area (Å²) in [5.41, 5.74) is 5.95. The van der Waals surface area contributed by atoms with Gasteiger partial charge in [0, 0.05) is 50.4 Å². The SMILES string of the molecule is CC1/C=C/C=C/C=C/C=C/C=C/C=C/C=C/C(O[C@H]2O[C@@H](C)[C@H](O)[C@@H](N)[C@H]2O)CC(O)C(C(=O)O)C(O)CC(=O)CC(O)C(O)CCC(=O)CC(O)CC(O)CC(=O)OC(C)C(C)C1O. The molecule has 0 bridgehead atoms. The van der Waals surface area contributed by atoms with Crippen molar-refractivity contribution in [2.45, 2.75) is 165 Å². The topological polar surface area (TPSA) is 324 Å². The van der Waals surface area contributed by atoms with Gasteiger partial charge in [0.05, 0.1) is 73.5 Å². The van der Waals surface area contributed by atoms with Crippen molar-refractivity contribution in [2.24, 2.45) is 23.5 Å². The van der Waals surface area contributed by atoms with Crippen molar-refractivity contribution in [2.75, 3.05) is 0 Å². The van der Waals surface area contributed by atoms with E-state index in [0.717, 1.165) is 0 Å². The number of rotatable bonds is 3. The van der Waals surface area contributed by atoms with Gasteiger partial charge in [-0.25, -0.2) is 0 Å². The molecule has 0 saturated carbocycles. The fraction of sp³-hybridized carbons (Fsp3) is 0.617. The normalized spacial score (nSPS) is 41.6. The Balaban J connectivity index is 2.29. The first kappa shape index (κ1) is 57.1. The summed E-state index contributed by atoms with van der Waals surface area (Å²) in [5, 5.41) is 106. The van der Waals surface area contributed by atoms with E-state index in [1.807, 2.05) is 6.92 Å². The Bertz CT molecular complexity index is 1690. The van der Waals surface area contributed by atoms with Gasteiger partial charge in [-0.15, -0.1) is 0 Å². The van der Waals surface area contributed by atoms with Gasteiger partial charge < -0.3 is 71.0 Å². The van der Waals surface area contributed by atoms with Crippen molar-refractivity contribution >= 4 is 23.5 Å². The zero-order chi connectivity index (χ0) is 48.8. The fourth-order valence-corrected chi connectivity index (χ4v) is 7.16. The summed E-state index contributed by atoms with van der Waals surface area (Å²) >= 11 is 0. The molecule has 0 spiro atoms. The third-order valence-electron chi connectivity index (χ3n) is 11.3. The van der Waals surface area contributed by atoms with Crippen molar-refractivity contribution < 1.29 is 84.5 Å². The van der Waals surface area contributed by atoms with E-state index < -0.39 is 153 Å². The van der Waals surface area contributed by atoms with Gasteiger partial charge in [-0.05, 0) is 20.3 Å². The number of nitrogens with two attached hydrogens (primary N) is 1. The lowest BCUT2D eigenvalue weighted by Crippen LogP contribution is -2.61. The third kappa shape index (κ3) is 21.0. The minimum Gasteiger partial charge on any atom is -0.481 e. The summed E-state index contributed by atoms with van der Waals surface area (Å²) in [7, 11) is 0. The van der Waals surface area contributed by atoms with E-state index in [1.54, 1.807) is 86.8 Å². The smallest absolute Gasteiger partial charge is 0.311 e. The van der Waals surface area contributed by atoms with Gasteiger partial charge in [-0.1, -0.05) is 98.9 Å². The second-order valence-electron chi connectivity index (χ2n) is 16.9. The molecule has 12 N–H and O–H groups in total. The van der Waals surface area contributed by atoms with E-state index in [9.17, 15) is 70.2 Å². The van der Waals surface area contributed by atoms with Crippen molar-refractivity contribution in [1.82, 2.24) is 0 Å². The van der Waals surface area contributed by atoms with Gasteiger partial charge in [0.15, 0.2) is 6.29 Å². The second kappa shape index (κ2) is 29.6. The molecule has 0 aromatic heterocycles. The van der Waals surface area contributed by atoms with E-state index in [1.165, 1.54) is 19.1 Å². The van der Waals surface area contributed by atoms with Gasteiger partial charge in [-0.2, -0.15) is 0 Å². The van der Waals surface area contributed by atoms with Gasteiger partial charge in [0.1, 0.15) is 29.7 Å². The molecular weight excluding hydrogens is 851 g/mol. The maximum atomic E-state index is 12.9. The quantitative estimate of drug-likeness (QED) is 0.174. The van der Waals surface area contributed by atoms with E-state index in [0.29, 0.717) is 0 Å². The summed E-state index contributed by atoms with van der Waals surface area (Å²) in [5.74, 6) is -6.58. The molecule has 366 valence electrons. The van der Waals surface area contributed by atoms with Crippen molar-refractivity contribution in [3.8, 4) is 0 Å². The lowest BCUT2D eigenvalue weighted by Gasteiger charge is -2.41. The number of hydrogen-bond donors (Lipinski definition) is 11. The standard InChI is InChI=1S/C47H71NO17/c1-27-17-15-13-11-9-7-5-6-8-10-12-14-16-18-35(65-47-45(60)42(48)44(59)30(4)64-47)26-39(56)41(46(61)62)38(55)24-34(52)23-37(54)36(53)20-19-31(49)21-32(50)22-33(51)25-40(57)63-29(3)28(2)43(27)58/h5-18,27-30,32-33,35-39,41-45,47,50-51,53-56,58-60H,19-26,48H2,1-4H3,(H,61,62)/b6-5+,9-7+,10-8+,13-11+,14-12+,17-15+,18-16+/t27?,28?,29?,30-,32?,33?,35?,36?,37?,38?,39?,41?,42+,43?,44-,45+,47+/m0/s1. The van der Waals surface area contributed by atoms with E-state index >= 15 is 0 Å².